The van der Waals surface area contributed by atoms with Gasteiger partial charge in [0.15, 0.2) is 0 Å². The maximum Gasteiger partial charge on any atom is 0.130 e. The molecule has 0 aromatic heterocycles. The fourth-order valence-electron chi connectivity index (χ4n) is 1.38. The normalized spacial score (nSPS) is 20.5. The number of hydrogen-bond acceptors (Lipinski definition) is 2. The summed E-state index contributed by atoms with van der Waals surface area (Å²) in [6.07, 6.45) is 0.903. The quantitative estimate of drug-likeness (QED) is 0.723. The Morgan fingerprint density at radius 1 is 1.43 bits per heavy atom. The molecule has 0 amide bonds. The lowest BCUT2D eigenvalue weighted by Crippen LogP contribution is -2.03. The van der Waals surface area contributed by atoms with Crippen LogP contribution in [0.3, 0.4) is 0 Å². The summed E-state index contributed by atoms with van der Waals surface area (Å²) in [6.45, 7) is 1.97. The van der Waals surface area contributed by atoms with Crippen LogP contribution in [0, 0.1) is 0 Å². The average molecular weight is 230 g/mol. The molecule has 1 atom stereocenters. The molecule has 1 aromatic carbocycles. The zero-order valence-electron chi connectivity index (χ0n) is 7.63. The van der Waals surface area contributed by atoms with Crippen LogP contribution < -0.4 is 0 Å². The van der Waals surface area contributed by atoms with E-state index in [2.05, 4.69) is 5.16 Å². The molecule has 14 heavy (non-hydrogen) atoms. The van der Waals surface area contributed by atoms with E-state index in [0.29, 0.717) is 10.0 Å². The maximum absolute atomic E-state index is 6.03. The average Bonchev–Trinajstić information content (AvgIpc) is 2.56. The van der Waals surface area contributed by atoms with Gasteiger partial charge in [-0.25, -0.2) is 0 Å². The summed E-state index contributed by atoms with van der Waals surface area (Å²) in [5, 5.41) is 5.28. The van der Waals surface area contributed by atoms with Gasteiger partial charge in [0.05, 0.1) is 5.71 Å². The Morgan fingerprint density at radius 2 is 2.21 bits per heavy atom. The lowest BCUT2D eigenvalue weighted by atomic mass is 10.1. The highest BCUT2D eigenvalue weighted by molar-refractivity contribution is 6.36. The van der Waals surface area contributed by atoms with Crippen molar-refractivity contribution in [1.82, 2.24) is 0 Å². The Bertz CT molecular complexity index is 390. The third-order valence-corrected chi connectivity index (χ3v) is 2.63. The Hall–Kier alpha value is -0.730. The second-order valence-corrected chi connectivity index (χ2v) is 4.13. The standard InChI is InChI=1S/C10H9Cl2NO/c1-6-4-10(13-14-6)8-5-7(11)2-3-9(8)12/h2-3,5-6H,4H2,1H3. The van der Waals surface area contributed by atoms with Crippen LogP contribution in [0.5, 0.6) is 0 Å². The molecule has 1 aliphatic heterocycles. The van der Waals surface area contributed by atoms with E-state index in [1.807, 2.05) is 13.0 Å². The van der Waals surface area contributed by atoms with Crippen molar-refractivity contribution >= 4 is 28.9 Å². The number of hydrogen-bond donors (Lipinski definition) is 0. The third-order valence-electron chi connectivity index (χ3n) is 2.06. The van der Waals surface area contributed by atoms with Crippen molar-refractivity contribution in [2.75, 3.05) is 0 Å². The van der Waals surface area contributed by atoms with Gasteiger partial charge in [-0.2, -0.15) is 0 Å². The zero-order valence-corrected chi connectivity index (χ0v) is 9.14. The highest BCUT2D eigenvalue weighted by atomic mass is 35.5. The molecule has 1 aromatic rings. The Balaban J connectivity index is 2.36. The van der Waals surface area contributed by atoms with Crippen molar-refractivity contribution in [2.45, 2.75) is 19.4 Å². The van der Waals surface area contributed by atoms with Crippen LogP contribution >= 0.6 is 23.2 Å². The number of halogens is 2. The van der Waals surface area contributed by atoms with Gasteiger partial charge in [-0.3, -0.25) is 0 Å². The van der Waals surface area contributed by atoms with Gasteiger partial charge in [0.2, 0.25) is 0 Å². The SMILES string of the molecule is CC1CC(c2cc(Cl)ccc2Cl)=NO1. The molecule has 0 bridgehead atoms. The summed E-state index contributed by atoms with van der Waals surface area (Å²) < 4.78 is 0. The highest BCUT2D eigenvalue weighted by Gasteiger charge is 2.19. The molecule has 1 unspecified atom stereocenters. The molecular formula is C10H9Cl2NO. The van der Waals surface area contributed by atoms with E-state index in [0.717, 1.165) is 17.7 Å². The van der Waals surface area contributed by atoms with Gasteiger partial charge in [0.1, 0.15) is 6.10 Å². The largest absolute Gasteiger partial charge is 0.392 e. The molecule has 1 aliphatic rings. The molecule has 0 N–H and O–H groups in total. The van der Waals surface area contributed by atoms with Crippen LogP contribution in [0.1, 0.15) is 18.9 Å². The maximum atomic E-state index is 6.03. The fraction of sp³-hybridized carbons (Fsp3) is 0.300. The molecule has 0 saturated heterocycles. The first-order valence-corrected chi connectivity index (χ1v) is 5.10. The van der Waals surface area contributed by atoms with Crippen LogP contribution in [0.15, 0.2) is 23.4 Å². The van der Waals surface area contributed by atoms with E-state index in [1.54, 1.807) is 12.1 Å². The fourth-order valence-corrected chi connectivity index (χ4v) is 1.78. The van der Waals surface area contributed by atoms with Gasteiger partial charge >= 0.3 is 0 Å². The van der Waals surface area contributed by atoms with E-state index in [9.17, 15) is 0 Å². The predicted molar refractivity (Wildman–Crippen MR) is 58.2 cm³/mol. The smallest absolute Gasteiger partial charge is 0.130 e. The van der Waals surface area contributed by atoms with E-state index < -0.39 is 0 Å². The van der Waals surface area contributed by atoms with Crippen molar-refractivity contribution in [3.8, 4) is 0 Å². The van der Waals surface area contributed by atoms with Gasteiger partial charge < -0.3 is 4.84 Å². The molecule has 2 nitrogen and oxygen atoms in total. The van der Waals surface area contributed by atoms with Crippen molar-refractivity contribution in [2.24, 2.45) is 5.16 Å². The first-order valence-electron chi connectivity index (χ1n) is 4.35. The molecule has 0 radical (unpaired) electrons. The topological polar surface area (TPSA) is 21.6 Å². The Kier molecular flexibility index (Phi) is 2.66. The third kappa shape index (κ3) is 1.86. The second-order valence-electron chi connectivity index (χ2n) is 3.28. The summed E-state index contributed by atoms with van der Waals surface area (Å²) in [7, 11) is 0. The monoisotopic (exact) mass is 229 g/mol. The van der Waals surface area contributed by atoms with Crippen LogP contribution in [0.25, 0.3) is 0 Å². The van der Waals surface area contributed by atoms with E-state index in [1.165, 1.54) is 0 Å². The minimum absolute atomic E-state index is 0.125. The summed E-state index contributed by atoms with van der Waals surface area (Å²) in [5.41, 5.74) is 1.73. The van der Waals surface area contributed by atoms with Gasteiger partial charge in [-0.15, -0.1) is 0 Å². The first-order chi connectivity index (χ1) is 6.66. The molecule has 0 fully saturated rings. The van der Waals surface area contributed by atoms with Crippen LogP contribution in [-0.4, -0.2) is 11.8 Å². The van der Waals surface area contributed by atoms with Crippen molar-refractivity contribution < 1.29 is 4.84 Å². The first kappa shape index (κ1) is 9.81. The zero-order chi connectivity index (χ0) is 10.1. The molecular weight excluding hydrogens is 221 g/mol. The van der Waals surface area contributed by atoms with Crippen molar-refractivity contribution in [3.63, 3.8) is 0 Å². The van der Waals surface area contributed by atoms with Crippen LogP contribution in [0.4, 0.5) is 0 Å². The molecule has 74 valence electrons. The van der Waals surface area contributed by atoms with Gasteiger partial charge in [-0.1, -0.05) is 28.4 Å². The van der Waals surface area contributed by atoms with Gasteiger partial charge in [-0.05, 0) is 25.1 Å². The number of benzene rings is 1. The highest BCUT2D eigenvalue weighted by Crippen LogP contribution is 2.25. The van der Waals surface area contributed by atoms with Crippen molar-refractivity contribution in [3.05, 3.63) is 33.8 Å². The number of nitrogens with zero attached hydrogens (tertiary/aromatic N) is 1. The molecule has 0 saturated carbocycles. The predicted octanol–water partition coefficient (Wildman–Crippen LogP) is 3.51. The second kappa shape index (κ2) is 3.79. The molecule has 4 heteroatoms. The van der Waals surface area contributed by atoms with E-state index in [-0.39, 0.29) is 6.10 Å². The van der Waals surface area contributed by atoms with E-state index in [4.69, 9.17) is 28.0 Å². The Morgan fingerprint density at radius 3 is 2.86 bits per heavy atom. The number of oxime groups is 1. The van der Waals surface area contributed by atoms with Crippen LogP contribution in [-0.2, 0) is 4.84 Å². The van der Waals surface area contributed by atoms with Crippen molar-refractivity contribution in [1.29, 1.82) is 0 Å². The Labute approximate surface area is 92.5 Å². The molecule has 0 aliphatic carbocycles. The van der Waals surface area contributed by atoms with Gasteiger partial charge in [0, 0.05) is 22.0 Å². The summed E-state index contributed by atoms with van der Waals surface area (Å²) in [6, 6.07) is 5.34. The molecule has 2 rings (SSSR count). The summed E-state index contributed by atoms with van der Waals surface area (Å²) in [5.74, 6) is 0. The summed E-state index contributed by atoms with van der Waals surface area (Å²) >= 11 is 11.9. The minimum atomic E-state index is 0.125. The lowest BCUT2D eigenvalue weighted by molar-refractivity contribution is 0.0995. The lowest BCUT2D eigenvalue weighted by Gasteiger charge is -2.02. The van der Waals surface area contributed by atoms with Crippen LogP contribution in [0.2, 0.25) is 10.0 Å². The minimum Gasteiger partial charge on any atom is -0.392 e. The molecule has 0 spiro atoms. The summed E-state index contributed by atoms with van der Waals surface area (Å²) in [4.78, 5) is 5.10. The van der Waals surface area contributed by atoms with E-state index >= 15 is 0 Å². The number of rotatable bonds is 1. The molecule has 1 heterocycles. The van der Waals surface area contributed by atoms with Gasteiger partial charge in [0.25, 0.3) is 0 Å².